The minimum atomic E-state index is -4.44. The van der Waals surface area contributed by atoms with Gasteiger partial charge in [-0.2, -0.15) is 13.2 Å². The molecule has 1 atom stereocenters. The molecule has 0 saturated carbocycles. The first kappa shape index (κ1) is 15.5. The summed E-state index contributed by atoms with van der Waals surface area (Å²) in [5.74, 6) is -0.618. The Morgan fingerprint density at radius 2 is 1.95 bits per heavy atom. The number of benzene rings is 1. The van der Waals surface area contributed by atoms with Crippen LogP contribution in [0.3, 0.4) is 0 Å². The fraction of sp³-hybridized carbons (Fsp3) is 0.462. The number of alkyl halides is 3. The lowest BCUT2D eigenvalue weighted by Gasteiger charge is -2.20. The monoisotopic (exact) mass is 275 g/mol. The molecule has 0 saturated heterocycles. The largest absolute Gasteiger partial charge is 0.468 e. The zero-order chi connectivity index (χ0) is 14.6. The SMILES string of the molecule is COC(=O)C(NC(C)C)c1cccc(C(F)(F)F)c1. The van der Waals surface area contributed by atoms with E-state index in [0.29, 0.717) is 0 Å². The molecule has 0 radical (unpaired) electrons. The van der Waals surface area contributed by atoms with Gasteiger partial charge in [-0.25, -0.2) is 4.79 Å². The molecule has 106 valence electrons. The molecule has 6 heteroatoms. The maximum Gasteiger partial charge on any atom is 0.416 e. The lowest BCUT2D eigenvalue weighted by Crippen LogP contribution is -2.34. The van der Waals surface area contributed by atoms with Crippen LogP contribution in [0.5, 0.6) is 0 Å². The van der Waals surface area contributed by atoms with Crippen molar-refractivity contribution in [3.63, 3.8) is 0 Å². The molecule has 0 heterocycles. The number of nitrogens with one attached hydrogen (secondary N) is 1. The van der Waals surface area contributed by atoms with Crippen molar-refractivity contribution in [3.8, 4) is 0 Å². The molecule has 1 N–H and O–H groups in total. The summed E-state index contributed by atoms with van der Waals surface area (Å²) in [5.41, 5.74) is -0.556. The Hall–Kier alpha value is -1.56. The molecule has 0 aliphatic heterocycles. The highest BCUT2D eigenvalue weighted by atomic mass is 19.4. The number of methoxy groups -OCH3 is 1. The quantitative estimate of drug-likeness (QED) is 0.859. The topological polar surface area (TPSA) is 38.3 Å². The summed E-state index contributed by atoms with van der Waals surface area (Å²) in [5, 5.41) is 2.88. The van der Waals surface area contributed by atoms with Gasteiger partial charge < -0.3 is 4.74 Å². The second-order valence-electron chi connectivity index (χ2n) is 4.40. The van der Waals surface area contributed by atoms with Crippen LogP contribution in [-0.2, 0) is 15.7 Å². The van der Waals surface area contributed by atoms with Crippen LogP contribution in [0.15, 0.2) is 24.3 Å². The summed E-state index contributed by atoms with van der Waals surface area (Å²) in [7, 11) is 1.20. The number of esters is 1. The first-order chi connectivity index (χ1) is 8.75. The van der Waals surface area contributed by atoms with Crippen molar-refractivity contribution >= 4 is 5.97 Å². The fourth-order valence-corrected chi connectivity index (χ4v) is 1.65. The van der Waals surface area contributed by atoms with Crippen molar-refractivity contribution in [3.05, 3.63) is 35.4 Å². The van der Waals surface area contributed by atoms with Gasteiger partial charge in [0.25, 0.3) is 0 Å². The molecule has 0 aliphatic rings. The molecular formula is C13H16F3NO2. The first-order valence-corrected chi connectivity index (χ1v) is 5.76. The molecule has 0 bridgehead atoms. The third kappa shape index (κ3) is 4.24. The predicted molar refractivity (Wildman–Crippen MR) is 64.5 cm³/mol. The summed E-state index contributed by atoms with van der Waals surface area (Å²) < 4.78 is 42.5. The van der Waals surface area contributed by atoms with E-state index in [4.69, 9.17) is 0 Å². The van der Waals surface area contributed by atoms with E-state index >= 15 is 0 Å². The Bertz CT molecular complexity index is 444. The van der Waals surface area contributed by atoms with Gasteiger partial charge in [-0.1, -0.05) is 12.1 Å². The Kier molecular flexibility index (Phi) is 4.94. The second-order valence-corrected chi connectivity index (χ2v) is 4.40. The Morgan fingerprint density at radius 3 is 2.42 bits per heavy atom. The summed E-state index contributed by atoms with van der Waals surface area (Å²) in [6.45, 7) is 3.59. The molecule has 19 heavy (non-hydrogen) atoms. The number of halogens is 3. The van der Waals surface area contributed by atoms with Gasteiger partial charge in [0.2, 0.25) is 0 Å². The molecule has 1 unspecified atom stereocenters. The number of carbonyl (C=O) groups excluding carboxylic acids is 1. The van der Waals surface area contributed by atoms with E-state index in [-0.39, 0.29) is 11.6 Å². The van der Waals surface area contributed by atoms with Crippen LogP contribution < -0.4 is 5.32 Å². The summed E-state index contributed by atoms with van der Waals surface area (Å²) in [6.07, 6.45) is -4.44. The van der Waals surface area contributed by atoms with Gasteiger partial charge in [0, 0.05) is 6.04 Å². The number of carbonyl (C=O) groups is 1. The van der Waals surface area contributed by atoms with E-state index < -0.39 is 23.8 Å². The van der Waals surface area contributed by atoms with Crippen LogP contribution in [0.25, 0.3) is 0 Å². The minimum absolute atomic E-state index is 0.0707. The van der Waals surface area contributed by atoms with E-state index in [1.807, 2.05) is 0 Å². The van der Waals surface area contributed by atoms with Crippen molar-refractivity contribution in [2.24, 2.45) is 0 Å². The van der Waals surface area contributed by atoms with Crippen LogP contribution in [-0.4, -0.2) is 19.1 Å². The molecule has 0 fully saturated rings. The van der Waals surface area contributed by atoms with E-state index in [1.165, 1.54) is 19.2 Å². The highest BCUT2D eigenvalue weighted by molar-refractivity contribution is 5.77. The van der Waals surface area contributed by atoms with Crippen LogP contribution >= 0.6 is 0 Å². The molecule has 0 aromatic heterocycles. The summed E-state index contributed by atoms with van der Waals surface area (Å²) >= 11 is 0. The van der Waals surface area contributed by atoms with Gasteiger partial charge in [0.1, 0.15) is 6.04 Å². The van der Waals surface area contributed by atoms with Gasteiger partial charge in [-0.3, -0.25) is 5.32 Å². The average molecular weight is 275 g/mol. The maximum absolute atomic E-state index is 12.6. The minimum Gasteiger partial charge on any atom is -0.468 e. The number of hydrogen-bond acceptors (Lipinski definition) is 3. The lowest BCUT2D eigenvalue weighted by atomic mass is 10.0. The third-order valence-corrected chi connectivity index (χ3v) is 2.48. The van der Waals surface area contributed by atoms with Crippen LogP contribution in [0, 0.1) is 0 Å². The lowest BCUT2D eigenvalue weighted by molar-refractivity contribution is -0.144. The molecule has 0 aliphatic carbocycles. The maximum atomic E-state index is 12.6. The average Bonchev–Trinajstić information content (AvgIpc) is 2.34. The molecular weight excluding hydrogens is 259 g/mol. The standard InChI is InChI=1S/C13H16F3NO2/c1-8(2)17-11(12(18)19-3)9-5-4-6-10(7-9)13(14,15)16/h4-8,11,17H,1-3H3. The highest BCUT2D eigenvalue weighted by Crippen LogP contribution is 2.31. The summed E-state index contributed by atoms with van der Waals surface area (Å²) in [4.78, 5) is 11.6. The molecule has 1 aromatic rings. The van der Waals surface area contributed by atoms with Crippen molar-refractivity contribution in [2.45, 2.75) is 32.1 Å². The first-order valence-electron chi connectivity index (χ1n) is 5.76. The van der Waals surface area contributed by atoms with Gasteiger partial charge >= 0.3 is 12.1 Å². The second kappa shape index (κ2) is 6.06. The van der Waals surface area contributed by atoms with E-state index in [1.54, 1.807) is 13.8 Å². The van der Waals surface area contributed by atoms with E-state index in [0.717, 1.165) is 12.1 Å². The van der Waals surface area contributed by atoms with E-state index in [9.17, 15) is 18.0 Å². The van der Waals surface area contributed by atoms with Crippen molar-refractivity contribution in [1.29, 1.82) is 0 Å². The van der Waals surface area contributed by atoms with Crippen molar-refractivity contribution < 1.29 is 22.7 Å². The normalized spacial score (nSPS) is 13.4. The van der Waals surface area contributed by atoms with Gasteiger partial charge in [-0.15, -0.1) is 0 Å². The van der Waals surface area contributed by atoms with Crippen molar-refractivity contribution in [1.82, 2.24) is 5.32 Å². The highest BCUT2D eigenvalue weighted by Gasteiger charge is 2.32. The Morgan fingerprint density at radius 1 is 1.32 bits per heavy atom. The molecule has 0 amide bonds. The molecule has 0 spiro atoms. The number of hydrogen-bond donors (Lipinski definition) is 1. The van der Waals surface area contributed by atoms with Crippen molar-refractivity contribution in [2.75, 3.05) is 7.11 Å². The Labute approximate surface area is 109 Å². The zero-order valence-corrected chi connectivity index (χ0v) is 10.9. The van der Waals surface area contributed by atoms with Crippen LogP contribution in [0.2, 0.25) is 0 Å². The van der Waals surface area contributed by atoms with Crippen LogP contribution in [0.1, 0.15) is 31.0 Å². The van der Waals surface area contributed by atoms with Gasteiger partial charge in [0.15, 0.2) is 0 Å². The van der Waals surface area contributed by atoms with Gasteiger partial charge in [-0.05, 0) is 31.5 Å². The number of ether oxygens (including phenoxy) is 1. The Balaban J connectivity index is 3.12. The van der Waals surface area contributed by atoms with Gasteiger partial charge in [0.05, 0.1) is 12.7 Å². The van der Waals surface area contributed by atoms with E-state index in [2.05, 4.69) is 10.1 Å². The molecule has 1 aromatic carbocycles. The number of rotatable bonds is 4. The zero-order valence-electron chi connectivity index (χ0n) is 10.9. The smallest absolute Gasteiger partial charge is 0.416 e. The molecule has 3 nitrogen and oxygen atoms in total. The molecule has 1 rings (SSSR count). The van der Waals surface area contributed by atoms with Crippen LogP contribution in [0.4, 0.5) is 13.2 Å². The fourth-order valence-electron chi connectivity index (χ4n) is 1.65. The third-order valence-electron chi connectivity index (χ3n) is 2.48. The predicted octanol–water partition coefficient (Wildman–Crippen LogP) is 2.92. The summed E-state index contributed by atoms with van der Waals surface area (Å²) in [6, 6.07) is 3.68.